The second-order valence-corrected chi connectivity index (χ2v) is 5.66. The Hall–Kier alpha value is -1.23. The van der Waals surface area contributed by atoms with Crippen LogP contribution in [0.1, 0.15) is 33.6 Å². The first kappa shape index (κ1) is 13.2. The van der Waals surface area contributed by atoms with Crippen LogP contribution >= 0.6 is 11.3 Å². The molecule has 0 fully saturated rings. The molecule has 0 bridgehead atoms. The SMILES string of the molecule is Cc1nc(C)c(C(CCc2ccccc2)NN)s1. The molecule has 18 heavy (non-hydrogen) atoms. The van der Waals surface area contributed by atoms with Gasteiger partial charge in [0, 0.05) is 4.88 Å². The fourth-order valence-corrected chi connectivity index (χ4v) is 3.14. The van der Waals surface area contributed by atoms with E-state index < -0.39 is 0 Å². The second kappa shape index (κ2) is 6.09. The van der Waals surface area contributed by atoms with Gasteiger partial charge in [-0.15, -0.1) is 11.3 Å². The van der Waals surface area contributed by atoms with Crippen molar-refractivity contribution < 1.29 is 0 Å². The zero-order valence-electron chi connectivity index (χ0n) is 10.8. The Morgan fingerprint density at radius 2 is 2.00 bits per heavy atom. The fourth-order valence-electron chi connectivity index (χ4n) is 2.12. The molecule has 2 aromatic rings. The van der Waals surface area contributed by atoms with E-state index >= 15 is 0 Å². The fraction of sp³-hybridized carbons (Fsp3) is 0.357. The third-order valence-corrected chi connectivity index (χ3v) is 4.21. The second-order valence-electron chi connectivity index (χ2n) is 4.43. The Kier molecular flexibility index (Phi) is 4.47. The van der Waals surface area contributed by atoms with E-state index in [4.69, 9.17) is 5.84 Å². The number of nitrogens with zero attached hydrogens (tertiary/aromatic N) is 1. The molecule has 0 aliphatic rings. The molecule has 0 saturated heterocycles. The van der Waals surface area contributed by atoms with Crippen LogP contribution in [0.25, 0.3) is 0 Å². The molecular weight excluding hydrogens is 242 g/mol. The summed E-state index contributed by atoms with van der Waals surface area (Å²) in [7, 11) is 0. The first-order chi connectivity index (χ1) is 8.70. The lowest BCUT2D eigenvalue weighted by atomic mass is 10.0. The lowest BCUT2D eigenvalue weighted by Crippen LogP contribution is -2.28. The highest BCUT2D eigenvalue weighted by molar-refractivity contribution is 7.11. The van der Waals surface area contributed by atoms with E-state index in [0.29, 0.717) is 0 Å². The van der Waals surface area contributed by atoms with Gasteiger partial charge in [-0.2, -0.15) is 0 Å². The first-order valence-corrected chi connectivity index (χ1v) is 6.96. The predicted octanol–water partition coefficient (Wildman–Crippen LogP) is 2.90. The van der Waals surface area contributed by atoms with Crippen molar-refractivity contribution in [3.8, 4) is 0 Å². The van der Waals surface area contributed by atoms with E-state index in [9.17, 15) is 0 Å². The van der Waals surface area contributed by atoms with E-state index in [-0.39, 0.29) is 6.04 Å². The number of nitrogens with one attached hydrogen (secondary N) is 1. The van der Waals surface area contributed by atoms with Gasteiger partial charge in [0.05, 0.1) is 16.7 Å². The maximum absolute atomic E-state index is 5.68. The Morgan fingerprint density at radius 3 is 2.56 bits per heavy atom. The van der Waals surface area contributed by atoms with Crippen LogP contribution in [0, 0.1) is 13.8 Å². The Morgan fingerprint density at radius 1 is 1.28 bits per heavy atom. The molecular formula is C14H19N3S. The molecule has 0 aliphatic carbocycles. The van der Waals surface area contributed by atoms with E-state index in [1.807, 2.05) is 19.9 Å². The van der Waals surface area contributed by atoms with Gasteiger partial charge in [-0.3, -0.25) is 11.3 Å². The molecule has 0 saturated carbocycles. The summed E-state index contributed by atoms with van der Waals surface area (Å²) in [6, 6.07) is 10.7. The number of nitrogens with two attached hydrogens (primary N) is 1. The molecule has 2 rings (SSSR count). The highest BCUT2D eigenvalue weighted by Crippen LogP contribution is 2.27. The Bertz CT molecular complexity index is 493. The summed E-state index contributed by atoms with van der Waals surface area (Å²) < 4.78 is 0. The summed E-state index contributed by atoms with van der Waals surface area (Å²) in [4.78, 5) is 5.71. The van der Waals surface area contributed by atoms with E-state index in [0.717, 1.165) is 23.5 Å². The predicted molar refractivity (Wildman–Crippen MR) is 76.4 cm³/mol. The maximum Gasteiger partial charge on any atom is 0.0900 e. The third kappa shape index (κ3) is 3.16. The Labute approximate surface area is 112 Å². The van der Waals surface area contributed by atoms with Crippen LogP contribution in [0.5, 0.6) is 0 Å². The van der Waals surface area contributed by atoms with Gasteiger partial charge in [-0.25, -0.2) is 4.98 Å². The topological polar surface area (TPSA) is 50.9 Å². The summed E-state index contributed by atoms with van der Waals surface area (Å²) in [6.45, 7) is 4.08. The molecule has 0 spiro atoms. The van der Waals surface area contributed by atoms with Gasteiger partial charge >= 0.3 is 0 Å². The van der Waals surface area contributed by atoms with Crippen LogP contribution in [0.3, 0.4) is 0 Å². The molecule has 3 nitrogen and oxygen atoms in total. The number of benzene rings is 1. The van der Waals surface area contributed by atoms with Gasteiger partial charge in [0.2, 0.25) is 0 Å². The number of aryl methyl sites for hydroxylation is 3. The van der Waals surface area contributed by atoms with Crippen LogP contribution in [0.2, 0.25) is 0 Å². The van der Waals surface area contributed by atoms with Crippen molar-refractivity contribution in [2.45, 2.75) is 32.7 Å². The van der Waals surface area contributed by atoms with Crippen molar-refractivity contribution in [2.24, 2.45) is 5.84 Å². The van der Waals surface area contributed by atoms with Gasteiger partial charge in [0.1, 0.15) is 0 Å². The largest absolute Gasteiger partial charge is 0.271 e. The number of hydrogen-bond donors (Lipinski definition) is 2. The summed E-state index contributed by atoms with van der Waals surface area (Å²) >= 11 is 1.73. The van der Waals surface area contributed by atoms with Crippen LogP contribution in [0.4, 0.5) is 0 Å². The smallest absolute Gasteiger partial charge is 0.0900 e. The minimum atomic E-state index is 0.191. The van der Waals surface area contributed by atoms with Crippen LogP contribution in [0.15, 0.2) is 30.3 Å². The molecule has 1 heterocycles. The normalized spacial score (nSPS) is 12.6. The van der Waals surface area contributed by atoms with Gasteiger partial charge in [-0.1, -0.05) is 30.3 Å². The number of thiazole rings is 1. The number of hydrogen-bond acceptors (Lipinski definition) is 4. The minimum absolute atomic E-state index is 0.191. The van der Waals surface area contributed by atoms with Crippen LogP contribution in [-0.2, 0) is 6.42 Å². The van der Waals surface area contributed by atoms with Crippen LogP contribution < -0.4 is 11.3 Å². The summed E-state index contributed by atoms with van der Waals surface area (Å²) in [6.07, 6.45) is 2.01. The lowest BCUT2D eigenvalue weighted by Gasteiger charge is -2.14. The van der Waals surface area contributed by atoms with E-state index in [1.54, 1.807) is 11.3 Å². The van der Waals surface area contributed by atoms with Crippen molar-refractivity contribution in [3.05, 3.63) is 51.5 Å². The number of rotatable bonds is 5. The van der Waals surface area contributed by atoms with E-state index in [1.165, 1.54) is 10.4 Å². The lowest BCUT2D eigenvalue weighted by molar-refractivity contribution is 0.521. The van der Waals surface area contributed by atoms with E-state index in [2.05, 4.69) is 34.7 Å². The van der Waals surface area contributed by atoms with Gasteiger partial charge in [-0.05, 0) is 32.3 Å². The van der Waals surface area contributed by atoms with Gasteiger partial charge in [0.25, 0.3) is 0 Å². The highest BCUT2D eigenvalue weighted by Gasteiger charge is 2.15. The zero-order valence-corrected chi connectivity index (χ0v) is 11.6. The first-order valence-electron chi connectivity index (χ1n) is 6.14. The number of hydrazine groups is 1. The van der Waals surface area contributed by atoms with Gasteiger partial charge < -0.3 is 0 Å². The standard InChI is InChI=1S/C14H19N3S/c1-10-14(18-11(2)16-10)13(17-15)9-8-12-6-4-3-5-7-12/h3-7,13,17H,8-9,15H2,1-2H3. The molecule has 1 atom stereocenters. The number of aromatic nitrogens is 1. The molecule has 0 amide bonds. The third-order valence-electron chi connectivity index (χ3n) is 3.02. The molecule has 1 aromatic heterocycles. The molecule has 4 heteroatoms. The highest BCUT2D eigenvalue weighted by atomic mass is 32.1. The average Bonchev–Trinajstić information content (AvgIpc) is 2.71. The van der Waals surface area contributed by atoms with Crippen molar-refractivity contribution in [1.82, 2.24) is 10.4 Å². The molecule has 1 aromatic carbocycles. The quantitative estimate of drug-likeness (QED) is 0.643. The van der Waals surface area contributed by atoms with Crippen molar-refractivity contribution in [3.63, 3.8) is 0 Å². The monoisotopic (exact) mass is 261 g/mol. The average molecular weight is 261 g/mol. The van der Waals surface area contributed by atoms with Crippen molar-refractivity contribution in [1.29, 1.82) is 0 Å². The van der Waals surface area contributed by atoms with Crippen molar-refractivity contribution in [2.75, 3.05) is 0 Å². The van der Waals surface area contributed by atoms with Crippen LogP contribution in [-0.4, -0.2) is 4.98 Å². The molecule has 0 aliphatic heterocycles. The molecule has 96 valence electrons. The molecule has 0 radical (unpaired) electrons. The van der Waals surface area contributed by atoms with Crippen molar-refractivity contribution >= 4 is 11.3 Å². The molecule has 1 unspecified atom stereocenters. The molecule has 3 N–H and O–H groups in total. The zero-order chi connectivity index (χ0) is 13.0. The maximum atomic E-state index is 5.68. The summed E-state index contributed by atoms with van der Waals surface area (Å²) in [5.41, 5.74) is 5.35. The summed E-state index contributed by atoms with van der Waals surface area (Å²) in [5, 5.41) is 1.10. The van der Waals surface area contributed by atoms with Gasteiger partial charge in [0.15, 0.2) is 0 Å². The minimum Gasteiger partial charge on any atom is -0.271 e. The Balaban J connectivity index is 2.04. The summed E-state index contributed by atoms with van der Waals surface area (Å²) in [5.74, 6) is 5.68.